The van der Waals surface area contributed by atoms with Gasteiger partial charge in [-0.25, -0.2) is 4.79 Å². The Morgan fingerprint density at radius 3 is 2.90 bits per heavy atom. The largest absolute Gasteiger partial charge is 0.444 e. The summed E-state index contributed by atoms with van der Waals surface area (Å²) >= 11 is 0. The fraction of sp³-hybridized carbons (Fsp3) is 0.733. The molecule has 1 N–H and O–H groups in total. The molecule has 6 nitrogen and oxygen atoms in total. The molecule has 2 heterocycles. The molecule has 2 aliphatic rings. The molecule has 1 saturated heterocycles. The van der Waals surface area contributed by atoms with E-state index in [0.717, 1.165) is 12.1 Å². The number of aliphatic hydroxyl groups excluding tert-OH is 1. The molecule has 3 rings (SSSR count). The predicted molar refractivity (Wildman–Crippen MR) is 74.7 cm³/mol. The number of hydrogen-bond acceptors (Lipinski definition) is 5. The van der Waals surface area contributed by atoms with Crippen LogP contribution < -0.4 is 0 Å². The number of likely N-dealkylation sites (tertiary alicyclic amines) is 1. The van der Waals surface area contributed by atoms with Crippen molar-refractivity contribution < 1.29 is 19.2 Å². The number of piperidine rings is 1. The lowest BCUT2D eigenvalue weighted by Crippen LogP contribution is -2.37. The van der Waals surface area contributed by atoms with Gasteiger partial charge in [-0.2, -0.15) is 0 Å². The number of carbonyl (C=O) groups excluding carboxylic acids is 1. The third kappa shape index (κ3) is 2.52. The molecule has 2 unspecified atom stereocenters. The normalized spacial score (nSPS) is 29.2. The summed E-state index contributed by atoms with van der Waals surface area (Å²) in [7, 11) is 0. The lowest BCUT2D eigenvalue weighted by atomic mass is 10.0. The molecule has 1 saturated carbocycles. The lowest BCUT2D eigenvalue weighted by molar-refractivity contribution is 0.0269. The number of fused-ring (bicyclic) bond motifs is 1. The third-order valence-corrected chi connectivity index (χ3v) is 4.25. The van der Waals surface area contributed by atoms with Crippen LogP contribution in [-0.4, -0.2) is 39.9 Å². The Hall–Kier alpha value is -1.56. The van der Waals surface area contributed by atoms with Gasteiger partial charge in [0.1, 0.15) is 11.7 Å². The van der Waals surface area contributed by atoms with Gasteiger partial charge in [0.2, 0.25) is 0 Å². The van der Waals surface area contributed by atoms with Crippen LogP contribution in [0.25, 0.3) is 0 Å². The molecule has 1 aromatic rings. The molecule has 0 bridgehead atoms. The zero-order valence-corrected chi connectivity index (χ0v) is 12.9. The number of aromatic nitrogens is 1. The number of hydrogen-bond donors (Lipinski definition) is 1. The van der Waals surface area contributed by atoms with Gasteiger partial charge >= 0.3 is 6.09 Å². The van der Waals surface area contributed by atoms with Crippen molar-refractivity contribution in [2.45, 2.75) is 51.2 Å². The number of amides is 1. The molecule has 2 fully saturated rings. The maximum absolute atomic E-state index is 12.1. The zero-order chi connectivity index (χ0) is 15.4. The van der Waals surface area contributed by atoms with Gasteiger partial charge in [-0.15, -0.1) is 0 Å². The zero-order valence-electron chi connectivity index (χ0n) is 12.9. The molecule has 1 aliphatic carbocycles. The second-order valence-corrected chi connectivity index (χ2v) is 7.21. The summed E-state index contributed by atoms with van der Waals surface area (Å²) in [5.41, 5.74) is 0.257. The number of ether oxygens (including phenoxy) is 1. The van der Waals surface area contributed by atoms with E-state index >= 15 is 0 Å². The minimum atomic E-state index is -0.664. The molecule has 116 valence electrons. The summed E-state index contributed by atoms with van der Waals surface area (Å²) in [5.74, 6) is 0.887. The molecular weight excluding hydrogens is 272 g/mol. The van der Waals surface area contributed by atoms with Gasteiger partial charge in [0, 0.05) is 24.6 Å². The Kier molecular flexibility index (Phi) is 3.06. The number of aliphatic hydroxyl groups is 1. The Morgan fingerprint density at radius 1 is 1.62 bits per heavy atom. The van der Waals surface area contributed by atoms with E-state index in [1.165, 1.54) is 0 Å². The highest BCUT2D eigenvalue weighted by Gasteiger charge is 2.63. The van der Waals surface area contributed by atoms with Crippen molar-refractivity contribution in [2.24, 2.45) is 5.92 Å². The second kappa shape index (κ2) is 4.47. The fourth-order valence-electron chi connectivity index (χ4n) is 3.07. The maximum Gasteiger partial charge on any atom is 0.410 e. The Balaban J connectivity index is 1.70. The van der Waals surface area contributed by atoms with Crippen LogP contribution in [0, 0.1) is 5.92 Å². The number of nitrogens with zero attached hydrogens (tertiary/aromatic N) is 2. The minimum Gasteiger partial charge on any atom is -0.444 e. The van der Waals surface area contributed by atoms with Crippen molar-refractivity contribution in [1.82, 2.24) is 10.1 Å². The first kappa shape index (κ1) is 14.4. The average Bonchev–Trinajstić information content (AvgIpc) is 2.80. The molecule has 1 aliphatic heterocycles. The predicted octanol–water partition coefficient (Wildman–Crippen LogP) is 2.24. The Labute approximate surface area is 124 Å². The van der Waals surface area contributed by atoms with Crippen molar-refractivity contribution in [3.05, 3.63) is 17.5 Å². The van der Waals surface area contributed by atoms with E-state index in [9.17, 15) is 9.90 Å². The molecule has 0 spiro atoms. The highest BCUT2D eigenvalue weighted by atomic mass is 16.6. The lowest BCUT2D eigenvalue weighted by Gasteiger charge is -2.26. The van der Waals surface area contributed by atoms with Crippen molar-refractivity contribution in [3.8, 4) is 0 Å². The van der Waals surface area contributed by atoms with Crippen molar-refractivity contribution in [3.63, 3.8) is 0 Å². The summed E-state index contributed by atoms with van der Waals surface area (Å²) in [4.78, 5) is 13.9. The third-order valence-electron chi connectivity index (χ3n) is 4.25. The molecule has 1 aromatic heterocycles. The van der Waals surface area contributed by atoms with E-state index in [4.69, 9.17) is 9.26 Å². The van der Waals surface area contributed by atoms with E-state index < -0.39 is 11.7 Å². The minimum absolute atomic E-state index is 0.104. The summed E-state index contributed by atoms with van der Waals surface area (Å²) in [5, 5.41) is 13.6. The fourth-order valence-corrected chi connectivity index (χ4v) is 3.07. The maximum atomic E-state index is 12.1. The first-order valence-corrected chi connectivity index (χ1v) is 7.34. The molecule has 21 heavy (non-hydrogen) atoms. The Bertz CT molecular complexity index is 560. The topological polar surface area (TPSA) is 75.8 Å². The SMILES string of the molecule is CC(O)c1cc(C23C[C@H]2CN(C(=O)OC(C)(C)C)C3)no1. The van der Waals surface area contributed by atoms with Crippen molar-refractivity contribution in [2.75, 3.05) is 13.1 Å². The second-order valence-electron chi connectivity index (χ2n) is 7.21. The molecule has 3 atom stereocenters. The molecular formula is C15H22N2O4. The van der Waals surface area contributed by atoms with Crippen LogP contribution in [0.4, 0.5) is 4.79 Å². The molecule has 0 aromatic carbocycles. The van der Waals surface area contributed by atoms with Gasteiger partial charge in [-0.05, 0) is 40.0 Å². The summed E-state index contributed by atoms with van der Waals surface area (Å²) < 4.78 is 10.6. The Morgan fingerprint density at radius 2 is 2.33 bits per heavy atom. The molecule has 0 radical (unpaired) electrons. The summed E-state index contributed by atoms with van der Waals surface area (Å²) in [6.45, 7) is 8.55. The molecule has 1 amide bonds. The first-order chi connectivity index (χ1) is 9.71. The van der Waals surface area contributed by atoms with E-state index in [0.29, 0.717) is 24.8 Å². The smallest absolute Gasteiger partial charge is 0.410 e. The quantitative estimate of drug-likeness (QED) is 0.905. The van der Waals surface area contributed by atoms with Gasteiger partial charge in [-0.3, -0.25) is 0 Å². The molecule has 6 heteroatoms. The van der Waals surface area contributed by atoms with Gasteiger partial charge in [-0.1, -0.05) is 5.16 Å². The summed E-state index contributed by atoms with van der Waals surface area (Å²) in [6, 6.07) is 1.81. The first-order valence-electron chi connectivity index (χ1n) is 7.34. The van der Waals surface area contributed by atoms with Gasteiger partial charge < -0.3 is 19.3 Å². The van der Waals surface area contributed by atoms with Crippen LogP contribution in [0.5, 0.6) is 0 Å². The van der Waals surface area contributed by atoms with Crippen molar-refractivity contribution >= 4 is 6.09 Å². The standard InChI is InChI=1S/C15H22N2O4/c1-9(18)11-5-12(16-21-11)15-6-10(15)7-17(8-15)13(19)20-14(2,3)4/h5,9-10,18H,6-8H2,1-4H3/t9?,10-,15?/m0/s1. The van der Waals surface area contributed by atoms with E-state index in [1.807, 2.05) is 26.8 Å². The highest BCUT2D eigenvalue weighted by Crippen LogP contribution is 2.58. The van der Waals surface area contributed by atoms with Crippen LogP contribution in [0.1, 0.15) is 51.7 Å². The van der Waals surface area contributed by atoms with Gasteiger partial charge in [0.05, 0.1) is 5.69 Å². The van der Waals surface area contributed by atoms with Crippen LogP contribution in [0.3, 0.4) is 0 Å². The van der Waals surface area contributed by atoms with Gasteiger partial charge in [0.25, 0.3) is 0 Å². The van der Waals surface area contributed by atoms with Crippen molar-refractivity contribution in [1.29, 1.82) is 0 Å². The van der Waals surface area contributed by atoms with E-state index in [1.54, 1.807) is 11.8 Å². The highest BCUT2D eigenvalue weighted by molar-refractivity contribution is 5.69. The monoisotopic (exact) mass is 294 g/mol. The van der Waals surface area contributed by atoms with Gasteiger partial charge in [0.15, 0.2) is 5.76 Å². The number of carbonyl (C=O) groups is 1. The van der Waals surface area contributed by atoms with Crippen LogP contribution in [-0.2, 0) is 10.2 Å². The van der Waals surface area contributed by atoms with Crippen LogP contribution in [0.15, 0.2) is 10.6 Å². The number of rotatable bonds is 2. The summed E-state index contributed by atoms with van der Waals surface area (Å²) in [6.07, 6.45) is 0.0782. The average molecular weight is 294 g/mol. The van der Waals surface area contributed by atoms with Crippen LogP contribution in [0.2, 0.25) is 0 Å². The van der Waals surface area contributed by atoms with E-state index in [2.05, 4.69) is 5.16 Å². The van der Waals surface area contributed by atoms with Crippen LogP contribution >= 0.6 is 0 Å². The van der Waals surface area contributed by atoms with E-state index in [-0.39, 0.29) is 11.5 Å².